The Hall–Kier alpha value is -2.30. The number of nitrogens with zero attached hydrogens (tertiary/aromatic N) is 1. The van der Waals surface area contributed by atoms with Gasteiger partial charge in [0, 0.05) is 5.69 Å². The van der Waals surface area contributed by atoms with Crippen molar-refractivity contribution in [3.63, 3.8) is 0 Å². The number of benzene rings is 1. The minimum Gasteiger partial charge on any atom is -0.383 e. The summed E-state index contributed by atoms with van der Waals surface area (Å²) < 4.78 is 0. The topological polar surface area (TPSA) is 83.8 Å². The molecular formula is C11H12N4O. The Kier molecular flexibility index (Phi) is 2.59. The van der Waals surface area contributed by atoms with Crippen LogP contribution in [-0.2, 0) is 0 Å². The van der Waals surface area contributed by atoms with E-state index in [9.17, 15) is 4.79 Å². The zero-order valence-electron chi connectivity index (χ0n) is 8.82. The van der Waals surface area contributed by atoms with Crippen molar-refractivity contribution in [1.82, 2.24) is 10.2 Å². The number of hydrogen-bond acceptors (Lipinski definition) is 3. The van der Waals surface area contributed by atoms with Gasteiger partial charge in [0.1, 0.15) is 11.4 Å². The lowest BCUT2D eigenvalue weighted by Gasteiger charge is -2.04. The highest BCUT2D eigenvalue weighted by Gasteiger charge is 2.11. The number of hydrogen-bond donors (Lipinski definition) is 3. The van der Waals surface area contributed by atoms with Crippen LogP contribution in [-0.4, -0.2) is 16.1 Å². The lowest BCUT2D eigenvalue weighted by Crippen LogP contribution is -2.12. The highest BCUT2D eigenvalue weighted by atomic mass is 16.1. The van der Waals surface area contributed by atoms with Crippen molar-refractivity contribution in [2.24, 2.45) is 0 Å². The largest absolute Gasteiger partial charge is 0.383 e. The summed E-state index contributed by atoms with van der Waals surface area (Å²) in [5, 5.41) is 8.95. The molecule has 0 unspecified atom stereocenters. The van der Waals surface area contributed by atoms with Crippen LogP contribution in [0.25, 0.3) is 0 Å². The van der Waals surface area contributed by atoms with Crippen LogP contribution < -0.4 is 11.1 Å². The molecule has 4 N–H and O–H groups in total. The fraction of sp³-hybridized carbons (Fsp3) is 0.0909. The minimum absolute atomic E-state index is 0.267. The van der Waals surface area contributed by atoms with Gasteiger partial charge in [-0.1, -0.05) is 12.1 Å². The van der Waals surface area contributed by atoms with Crippen molar-refractivity contribution in [3.8, 4) is 0 Å². The summed E-state index contributed by atoms with van der Waals surface area (Å²) in [6, 6.07) is 7.54. The van der Waals surface area contributed by atoms with Gasteiger partial charge in [-0.05, 0) is 24.6 Å². The molecule has 1 amide bonds. The molecule has 0 saturated heterocycles. The predicted octanol–water partition coefficient (Wildman–Crippen LogP) is 1.55. The molecule has 5 nitrogen and oxygen atoms in total. The molecule has 0 aliphatic heterocycles. The highest BCUT2D eigenvalue weighted by Crippen LogP contribution is 2.13. The van der Waals surface area contributed by atoms with Gasteiger partial charge in [-0.25, -0.2) is 0 Å². The molecule has 0 spiro atoms. The van der Waals surface area contributed by atoms with E-state index in [4.69, 9.17) is 5.73 Å². The van der Waals surface area contributed by atoms with Gasteiger partial charge < -0.3 is 11.1 Å². The molecule has 82 valence electrons. The summed E-state index contributed by atoms with van der Waals surface area (Å²) in [6.45, 7) is 1.96. The fourth-order valence-electron chi connectivity index (χ4n) is 1.40. The molecule has 0 radical (unpaired) electrons. The standard InChI is InChI=1S/C11H12N4O/c1-7-3-2-4-8(5-7)14-11(16)9-6-13-15-10(9)12/h2-6H,1H3,(H,14,16)(H3,12,13,15). The van der Waals surface area contributed by atoms with E-state index in [0.717, 1.165) is 11.3 Å². The van der Waals surface area contributed by atoms with Crippen LogP contribution in [0, 0.1) is 6.92 Å². The molecule has 2 aromatic rings. The molecule has 0 bridgehead atoms. The van der Waals surface area contributed by atoms with Crippen LogP contribution in [0.1, 0.15) is 15.9 Å². The first-order valence-corrected chi connectivity index (χ1v) is 4.83. The third-order valence-electron chi connectivity index (χ3n) is 2.19. The van der Waals surface area contributed by atoms with Gasteiger partial charge in [0.05, 0.1) is 6.20 Å². The summed E-state index contributed by atoms with van der Waals surface area (Å²) in [6.07, 6.45) is 1.40. The summed E-state index contributed by atoms with van der Waals surface area (Å²) in [5.41, 5.74) is 7.72. The van der Waals surface area contributed by atoms with E-state index in [-0.39, 0.29) is 11.7 Å². The van der Waals surface area contributed by atoms with Crippen LogP contribution in [0.5, 0.6) is 0 Å². The lowest BCUT2D eigenvalue weighted by atomic mass is 10.2. The quantitative estimate of drug-likeness (QED) is 0.712. The number of rotatable bonds is 2. The Balaban J connectivity index is 2.17. The van der Waals surface area contributed by atoms with E-state index in [1.54, 1.807) is 0 Å². The van der Waals surface area contributed by atoms with Crippen molar-refractivity contribution < 1.29 is 4.79 Å². The lowest BCUT2D eigenvalue weighted by molar-refractivity contribution is 0.102. The Morgan fingerprint density at radius 1 is 1.50 bits per heavy atom. The molecule has 1 heterocycles. The Morgan fingerprint density at radius 2 is 2.31 bits per heavy atom. The second-order valence-corrected chi connectivity index (χ2v) is 3.52. The normalized spacial score (nSPS) is 10.1. The first-order chi connectivity index (χ1) is 7.66. The summed E-state index contributed by atoms with van der Waals surface area (Å²) in [5.74, 6) is 0.00185. The van der Waals surface area contributed by atoms with Crippen LogP contribution in [0.15, 0.2) is 30.5 Å². The van der Waals surface area contributed by atoms with Gasteiger partial charge >= 0.3 is 0 Å². The molecule has 0 aliphatic rings. The smallest absolute Gasteiger partial charge is 0.261 e. The van der Waals surface area contributed by atoms with Gasteiger partial charge in [-0.3, -0.25) is 9.89 Å². The molecule has 1 aromatic carbocycles. The molecule has 2 rings (SSSR count). The van der Waals surface area contributed by atoms with Crippen LogP contribution in [0.3, 0.4) is 0 Å². The third kappa shape index (κ3) is 2.03. The van der Waals surface area contributed by atoms with E-state index < -0.39 is 0 Å². The van der Waals surface area contributed by atoms with Crippen molar-refractivity contribution in [2.45, 2.75) is 6.92 Å². The Morgan fingerprint density at radius 3 is 2.94 bits per heavy atom. The molecule has 0 saturated carbocycles. The summed E-state index contributed by atoms with van der Waals surface area (Å²) >= 11 is 0. The molecule has 16 heavy (non-hydrogen) atoms. The van der Waals surface area contributed by atoms with Gasteiger partial charge in [0.2, 0.25) is 0 Å². The number of H-pyrrole nitrogens is 1. The molecule has 0 aliphatic carbocycles. The highest BCUT2D eigenvalue weighted by molar-refractivity contribution is 6.07. The van der Waals surface area contributed by atoms with Crippen LogP contribution >= 0.6 is 0 Å². The van der Waals surface area contributed by atoms with Gasteiger partial charge in [0.25, 0.3) is 5.91 Å². The molecule has 0 fully saturated rings. The van der Waals surface area contributed by atoms with Crippen LogP contribution in [0.2, 0.25) is 0 Å². The van der Waals surface area contributed by atoms with Gasteiger partial charge in [-0.2, -0.15) is 5.10 Å². The van der Waals surface area contributed by atoms with Crippen molar-refractivity contribution in [1.29, 1.82) is 0 Å². The van der Waals surface area contributed by atoms with E-state index in [2.05, 4.69) is 15.5 Å². The number of aromatic nitrogens is 2. The average molecular weight is 216 g/mol. The molecular weight excluding hydrogens is 204 g/mol. The van der Waals surface area contributed by atoms with Crippen LogP contribution in [0.4, 0.5) is 11.5 Å². The van der Waals surface area contributed by atoms with Crippen molar-refractivity contribution in [2.75, 3.05) is 11.1 Å². The second kappa shape index (κ2) is 4.06. The number of carbonyl (C=O) groups excluding carboxylic acids is 1. The first kappa shape index (κ1) is 10.2. The maximum Gasteiger partial charge on any atom is 0.261 e. The first-order valence-electron chi connectivity index (χ1n) is 4.83. The minimum atomic E-state index is -0.267. The Bertz CT molecular complexity index is 518. The van der Waals surface area contributed by atoms with Gasteiger partial charge in [0.15, 0.2) is 0 Å². The second-order valence-electron chi connectivity index (χ2n) is 3.52. The van der Waals surface area contributed by atoms with Crippen molar-refractivity contribution in [3.05, 3.63) is 41.6 Å². The predicted molar refractivity (Wildman–Crippen MR) is 62.1 cm³/mol. The van der Waals surface area contributed by atoms with E-state index in [0.29, 0.717) is 5.56 Å². The maximum absolute atomic E-state index is 11.8. The summed E-state index contributed by atoms with van der Waals surface area (Å²) in [7, 11) is 0. The monoisotopic (exact) mass is 216 g/mol. The fourth-order valence-corrected chi connectivity index (χ4v) is 1.40. The number of aryl methyl sites for hydroxylation is 1. The maximum atomic E-state index is 11.8. The third-order valence-corrected chi connectivity index (χ3v) is 2.19. The zero-order chi connectivity index (χ0) is 11.5. The number of nitrogen functional groups attached to an aromatic ring is 1. The molecule has 1 aromatic heterocycles. The number of anilines is 2. The number of nitrogens with two attached hydrogens (primary N) is 1. The number of aromatic amines is 1. The SMILES string of the molecule is Cc1cccc(NC(=O)c2cn[nH]c2N)c1. The molecule has 0 atom stereocenters. The summed E-state index contributed by atoms with van der Waals surface area (Å²) in [4.78, 5) is 11.8. The zero-order valence-corrected chi connectivity index (χ0v) is 8.82. The number of nitrogens with one attached hydrogen (secondary N) is 2. The number of amides is 1. The molecule has 5 heteroatoms. The van der Waals surface area contributed by atoms with Gasteiger partial charge in [-0.15, -0.1) is 0 Å². The number of carbonyl (C=O) groups is 1. The van der Waals surface area contributed by atoms with E-state index in [1.165, 1.54) is 6.20 Å². The Labute approximate surface area is 92.7 Å². The van der Waals surface area contributed by atoms with Crippen molar-refractivity contribution >= 4 is 17.4 Å². The average Bonchev–Trinajstić information content (AvgIpc) is 2.64. The van der Waals surface area contributed by atoms with E-state index >= 15 is 0 Å². The van der Waals surface area contributed by atoms with E-state index in [1.807, 2.05) is 31.2 Å².